The van der Waals surface area contributed by atoms with Gasteiger partial charge in [-0.25, -0.2) is 13.1 Å². The Balaban J connectivity index is 2.02. The molecule has 0 radical (unpaired) electrons. The van der Waals surface area contributed by atoms with Crippen molar-refractivity contribution in [3.05, 3.63) is 14.9 Å². The number of alkyl halides is 1. The van der Waals surface area contributed by atoms with Gasteiger partial charge in [0.25, 0.3) is 0 Å². The van der Waals surface area contributed by atoms with Crippen molar-refractivity contribution in [1.29, 1.82) is 0 Å². The van der Waals surface area contributed by atoms with E-state index in [1.54, 1.807) is 0 Å². The van der Waals surface area contributed by atoms with Gasteiger partial charge >= 0.3 is 0 Å². The topological polar surface area (TPSA) is 46.2 Å². The fourth-order valence-electron chi connectivity index (χ4n) is 2.33. The molecule has 2 rings (SSSR count). The number of sulfonamides is 1. The van der Waals surface area contributed by atoms with E-state index in [0.29, 0.717) is 27.2 Å². The zero-order valence-corrected chi connectivity index (χ0v) is 15.6. The van der Waals surface area contributed by atoms with Gasteiger partial charge in [0.2, 0.25) is 10.0 Å². The van der Waals surface area contributed by atoms with Crippen LogP contribution in [0.15, 0.2) is 14.1 Å². The number of nitrogens with one attached hydrogen (secondary N) is 1. The minimum absolute atomic E-state index is 0.262. The maximum Gasteiger partial charge on any atom is 0.250 e. The van der Waals surface area contributed by atoms with Crippen molar-refractivity contribution < 1.29 is 8.42 Å². The number of thiophene rings is 1. The summed E-state index contributed by atoms with van der Waals surface area (Å²) in [5.41, 5.74) is 0. The molecule has 0 spiro atoms. The molecule has 1 aromatic heterocycles. The quantitative estimate of drug-likeness (QED) is 0.680. The average Bonchev–Trinajstić information content (AvgIpc) is 2.94. The maximum absolute atomic E-state index is 12.2. The molecule has 8 heteroatoms. The molecule has 1 N–H and O–H groups in total. The Morgan fingerprint density at radius 1 is 1.42 bits per heavy atom. The van der Waals surface area contributed by atoms with Crippen LogP contribution in [0.2, 0.25) is 5.02 Å². The molecule has 1 aliphatic rings. The van der Waals surface area contributed by atoms with E-state index in [1.165, 1.54) is 18.9 Å². The van der Waals surface area contributed by atoms with Gasteiger partial charge in [-0.1, -0.05) is 34.0 Å². The zero-order chi connectivity index (χ0) is 14.0. The van der Waals surface area contributed by atoms with Gasteiger partial charge in [0.15, 0.2) is 0 Å². The Kier molecular flexibility index (Phi) is 5.77. The first-order valence-corrected chi connectivity index (χ1v) is 10.5. The van der Waals surface area contributed by atoms with Gasteiger partial charge in [-0.15, -0.1) is 11.3 Å². The van der Waals surface area contributed by atoms with Crippen LogP contribution in [0.3, 0.4) is 0 Å². The lowest BCUT2D eigenvalue weighted by Crippen LogP contribution is -2.30. The minimum atomic E-state index is -3.44. The van der Waals surface area contributed by atoms with Crippen molar-refractivity contribution in [3.63, 3.8) is 0 Å². The summed E-state index contributed by atoms with van der Waals surface area (Å²) in [5.74, 6) is 0.995. The van der Waals surface area contributed by atoms with Crippen molar-refractivity contribution in [2.24, 2.45) is 11.8 Å². The first-order valence-electron chi connectivity index (χ1n) is 5.94. The monoisotopic (exact) mass is 449 g/mol. The lowest BCUT2D eigenvalue weighted by Gasteiger charge is -2.17. The van der Waals surface area contributed by atoms with Crippen molar-refractivity contribution in [2.75, 3.05) is 11.9 Å². The Morgan fingerprint density at radius 2 is 2.11 bits per heavy atom. The third kappa shape index (κ3) is 3.95. The molecule has 2 atom stereocenters. The normalized spacial score (nSPS) is 23.9. The number of hydrogen-bond acceptors (Lipinski definition) is 3. The van der Waals surface area contributed by atoms with Gasteiger partial charge in [0.05, 0.1) is 8.81 Å². The molecule has 108 valence electrons. The lowest BCUT2D eigenvalue weighted by molar-refractivity contribution is 0.422. The van der Waals surface area contributed by atoms with E-state index in [4.69, 9.17) is 11.6 Å². The molecular weight excluding hydrogens is 438 g/mol. The van der Waals surface area contributed by atoms with Crippen molar-refractivity contribution >= 4 is 64.8 Å². The Bertz CT molecular complexity index is 527. The van der Waals surface area contributed by atoms with Gasteiger partial charge in [0, 0.05) is 11.9 Å². The fourth-order valence-corrected chi connectivity index (χ4v) is 6.72. The maximum atomic E-state index is 12.2. The van der Waals surface area contributed by atoms with Crippen molar-refractivity contribution in [3.8, 4) is 0 Å². The van der Waals surface area contributed by atoms with Crippen LogP contribution in [0.5, 0.6) is 0 Å². The van der Waals surface area contributed by atoms with Crippen LogP contribution in [0.4, 0.5) is 0 Å². The largest absolute Gasteiger partial charge is 0.250 e. The SMILES string of the molecule is O=S(=O)(NCC1CCCC1CBr)c1cc(Cl)c(Br)s1. The molecule has 3 nitrogen and oxygen atoms in total. The third-order valence-corrected chi connectivity index (χ3v) is 8.64. The van der Waals surface area contributed by atoms with Gasteiger partial charge in [-0.2, -0.15) is 0 Å². The second kappa shape index (κ2) is 6.75. The minimum Gasteiger partial charge on any atom is -0.210 e. The predicted octanol–water partition coefficient (Wildman–Crippen LogP) is 4.25. The molecule has 0 bridgehead atoms. The molecule has 1 heterocycles. The number of rotatable bonds is 5. The van der Waals surface area contributed by atoms with Crippen LogP contribution in [-0.2, 0) is 10.0 Å². The van der Waals surface area contributed by atoms with Crippen molar-refractivity contribution in [2.45, 2.75) is 23.5 Å². The average molecular weight is 452 g/mol. The van der Waals surface area contributed by atoms with Crippen molar-refractivity contribution in [1.82, 2.24) is 4.72 Å². The van der Waals surface area contributed by atoms with Crippen LogP contribution in [-0.4, -0.2) is 20.3 Å². The summed E-state index contributed by atoms with van der Waals surface area (Å²) in [6.07, 6.45) is 3.45. The van der Waals surface area contributed by atoms with Crippen LogP contribution < -0.4 is 4.72 Å². The smallest absolute Gasteiger partial charge is 0.210 e. The second-order valence-corrected chi connectivity index (χ2v) is 10.1. The second-order valence-electron chi connectivity index (χ2n) is 4.64. The van der Waals surface area contributed by atoms with Gasteiger partial charge in [-0.05, 0) is 46.7 Å². The zero-order valence-electron chi connectivity index (χ0n) is 10.0. The van der Waals surface area contributed by atoms with E-state index in [1.807, 2.05) is 0 Å². The highest BCUT2D eigenvalue weighted by atomic mass is 79.9. The molecule has 0 aliphatic heterocycles. The van der Waals surface area contributed by atoms with Crippen LogP contribution in [0, 0.1) is 11.8 Å². The highest BCUT2D eigenvalue weighted by Gasteiger charge is 2.28. The van der Waals surface area contributed by atoms with E-state index in [0.717, 1.165) is 23.1 Å². The summed E-state index contributed by atoms with van der Waals surface area (Å²) in [6, 6.07) is 1.48. The van der Waals surface area contributed by atoms with Crippen LogP contribution >= 0.6 is 54.8 Å². The summed E-state index contributed by atoms with van der Waals surface area (Å²) < 4.78 is 27.9. The third-order valence-electron chi connectivity index (χ3n) is 3.44. The molecule has 2 unspecified atom stereocenters. The summed E-state index contributed by atoms with van der Waals surface area (Å²) in [6.45, 7) is 0.506. The highest BCUT2D eigenvalue weighted by Crippen LogP contribution is 2.35. The Morgan fingerprint density at radius 3 is 2.68 bits per heavy atom. The predicted molar refractivity (Wildman–Crippen MR) is 86.8 cm³/mol. The van der Waals surface area contributed by atoms with Gasteiger partial charge in [0.1, 0.15) is 4.21 Å². The molecule has 0 aromatic carbocycles. The van der Waals surface area contributed by atoms with E-state index in [-0.39, 0.29) is 4.21 Å². The van der Waals surface area contributed by atoms with E-state index in [2.05, 4.69) is 36.6 Å². The fraction of sp³-hybridized carbons (Fsp3) is 0.636. The number of hydrogen-bond donors (Lipinski definition) is 1. The Hall–Kier alpha value is 0.860. The van der Waals surface area contributed by atoms with Crippen LogP contribution in [0.25, 0.3) is 0 Å². The Labute approximate surface area is 139 Å². The molecule has 1 aliphatic carbocycles. The number of halogens is 3. The molecular formula is C11H14Br2ClNO2S2. The van der Waals surface area contributed by atoms with Gasteiger partial charge < -0.3 is 0 Å². The molecule has 19 heavy (non-hydrogen) atoms. The summed E-state index contributed by atoms with van der Waals surface area (Å²) >= 11 is 13.7. The summed E-state index contributed by atoms with van der Waals surface area (Å²) in [5, 5.41) is 1.38. The lowest BCUT2D eigenvalue weighted by atomic mass is 9.99. The molecule has 1 saturated carbocycles. The summed E-state index contributed by atoms with van der Waals surface area (Å²) in [7, 11) is -3.44. The van der Waals surface area contributed by atoms with E-state index < -0.39 is 10.0 Å². The highest BCUT2D eigenvalue weighted by molar-refractivity contribution is 9.11. The molecule has 0 saturated heterocycles. The van der Waals surface area contributed by atoms with Gasteiger partial charge in [-0.3, -0.25) is 0 Å². The van der Waals surface area contributed by atoms with E-state index in [9.17, 15) is 8.42 Å². The first kappa shape index (κ1) is 16.2. The standard InChI is InChI=1S/C11H14Br2ClNO2S2/c12-5-7-2-1-3-8(7)6-15-19(16,17)10-4-9(14)11(13)18-10/h4,7-8,15H,1-3,5-6H2. The first-order chi connectivity index (χ1) is 8.94. The van der Waals surface area contributed by atoms with E-state index >= 15 is 0 Å². The molecule has 1 fully saturated rings. The summed E-state index contributed by atoms with van der Waals surface area (Å²) in [4.78, 5) is 0. The molecule has 0 amide bonds. The van der Waals surface area contributed by atoms with Crippen LogP contribution in [0.1, 0.15) is 19.3 Å². The molecule has 1 aromatic rings.